The Kier molecular flexibility index (Phi) is 4.44. The SMILES string of the molecule is Cc1ccc2cc(C=NNC(=O)c3ccccc3O)c(Cl)nc2c1. The highest BCUT2D eigenvalue weighted by Gasteiger charge is 2.09. The van der Waals surface area contributed by atoms with E-state index in [1.165, 1.54) is 18.3 Å². The highest BCUT2D eigenvalue weighted by atomic mass is 35.5. The fourth-order valence-corrected chi connectivity index (χ4v) is 2.44. The van der Waals surface area contributed by atoms with Gasteiger partial charge in [0.15, 0.2) is 0 Å². The number of carbonyl (C=O) groups excluding carboxylic acids is 1. The van der Waals surface area contributed by atoms with E-state index in [2.05, 4.69) is 15.5 Å². The van der Waals surface area contributed by atoms with E-state index >= 15 is 0 Å². The van der Waals surface area contributed by atoms with Gasteiger partial charge in [-0.15, -0.1) is 0 Å². The van der Waals surface area contributed by atoms with Crippen molar-refractivity contribution in [1.82, 2.24) is 10.4 Å². The van der Waals surface area contributed by atoms with Crippen LogP contribution in [0.1, 0.15) is 21.5 Å². The van der Waals surface area contributed by atoms with E-state index < -0.39 is 5.91 Å². The van der Waals surface area contributed by atoms with Crippen molar-refractivity contribution in [2.24, 2.45) is 5.10 Å². The zero-order chi connectivity index (χ0) is 17.1. The van der Waals surface area contributed by atoms with Gasteiger partial charge in [-0.3, -0.25) is 4.79 Å². The van der Waals surface area contributed by atoms with E-state index in [4.69, 9.17) is 11.6 Å². The van der Waals surface area contributed by atoms with E-state index in [-0.39, 0.29) is 11.3 Å². The predicted octanol–water partition coefficient (Wildman–Crippen LogP) is 3.67. The number of hydrazone groups is 1. The molecule has 2 N–H and O–H groups in total. The van der Waals surface area contributed by atoms with Crippen LogP contribution in [-0.2, 0) is 0 Å². The first-order valence-electron chi connectivity index (χ1n) is 7.23. The highest BCUT2D eigenvalue weighted by molar-refractivity contribution is 6.32. The number of nitrogens with zero attached hydrogens (tertiary/aromatic N) is 2. The number of hydrogen-bond donors (Lipinski definition) is 2. The normalized spacial score (nSPS) is 11.1. The third kappa shape index (κ3) is 3.36. The number of para-hydroxylation sites is 1. The minimum Gasteiger partial charge on any atom is -0.507 e. The molecular weight excluding hydrogens is 326 g/mol. The molecule has 0 atom stereocenters. The van der Waals surface area contributed by atoms with E-state index in [9.17, 15) is 9.90 Å². The molecule has 0 saturated carbocycles. The number of hydrogen-bond acceptors (Lipinski definition) is 4. The Morgan fingerprint density at radius 3 is 2.83 bits per heavy atom. The molecule has 0 bridgehead atoms. The molecule has 0 aliphatic rings. The largest absolute Gasteiger partial charge is 0.507 e. The minimum absolute atomic E-state index is 0.106. The number of aryl methyl sites for hydroxylation is 1. The monoisotopic (exact) mass is 339 g/mol. The van der Waals surface area contributed by atoms with Gasteiger partial charge in [0.05, 0.1) is 17.3 Å². The number of phenolic OH excluding ortho intramolecular Hbond substituents is 1. The molecule has 0 aliphatic carbocycles. The average Bonchev–Trinajstić information content (AvgIpc) is 2.55. The number of aromatic hydroxyl groups is 1. The summed E-state index contributed by atoms with van der Waals surface area (Å²) in [6.07, 6.45) is 1.42. The highest BCUT2D eigenvalue weighted by Crippen LogP contribution is 2.20. The van der Waals surface area contributed by atoms with E-state index in [0.717, 1.165) is 16.5 Å². The lowest BCUT2D eigenvalue weighted by Crippen LogP contribution is -2.17. The molecule has 3 aromatic rings. The minimum atomic E-state index is -0.509. The van der Waals surface area contributed by atoms with Crippen molar-refractivity contribution in [2.45, 2.75) is 6.92 Å². The summed E-state index contributed by atoms with van der Waals surface area (Å²) in [4.78, 5) is 16.3. The first kappa shape index (κ1) is 16.0. The van der Waals surface area contributed by atoms with Gasteiger partial charge in [-0.05, 0) is 36.8 Å². The fourth-order valence-electron chi connectivity index (χ4n) is 2.25. The zero-order valence-corrected chi connectivity index (χ0v) is 13.6. The lowest BCUT2D eigenvalue weighted by Gasteiger charge is -2.04. The van der Waals surface area contributed by atoms with Crippen LogP contribution in [0.25, 0.3) is 10.9 Å². The molecule has 0 radical (unpaired) electrons. The number of benzene rings is 2. The van der Waals surface area contributed by atoms with Gasteiger partial charge in [-0.25, -0.2) is 10.4 Å². The van der Waals surface area contributed by atoms with Crippen LogP contribution < -0.4 is 5.43 Å². The molecule has 1 amide bonds. The number of amides is 1. The van der Waals surface area contributed by atoms with Crippen molar-refractivity contribution >= 4 is 34.6 Å². The number of nitrogens with one attached hydrogen (secondary N) is 1. The number of pyridine rings is 1. The maximum absolute atomic E-state index is 12.0. The molecule has 1 heterocycles. The van der Waals surface area contributed by atoms with Crippen LogP contribution >= 0.6 is 11.6 Å². The summed E-state index contributed by atoms with van der Waals surface area (Å²) in [6, 6.07) is 14.0. The van der Waals surface area contributed by atoms with E-state index in [1.807, 2.05) is 31.2 Å². The molecule has 120 valence electrons. The topological polar surface area (TPSA) is 74.6 Å². The Balaban J connectivity index is 1.80. The Hall–Kier alpha value is -2.92. The number of aromatic nitrogens is 1. The summed E-state index contributed by atoms with van der Waals surface area (Å²) < 4.78 is 0. The van der Waals surface area contributed by atoms with Crippen LogP contribution in [0, 0.1) is 6.92 Å². The Morgan fingerprint density at radius 1 is 1.25 bits per heavy atom. The number of phenols is 1. The second-order valence-corrected chi connectivity index (χ2v) is 5.64. The maximum Gasteiger partial charge on any atom is 0.275 e. The van der Waals surface area contributed by atoms with E-state index in [0.29, 0.717) is 10.7 Å². The van der Waals surface area contributed by atoms with Crippen LogP contribution in [-0.4, -0.2) is 22.2 Å². The number of fused-ring (bicyclic) bond motifs is 1. The van der Waals surface area contributed by atoms with Crippen molar-refractivity contribution in [3.05, 3.63) is 70.4 Å². The molecule has 1 aromatic heterocycles. The molecule has 6 heteroatoms. The molecule has 0 spiro atoms. The first-order chi connectivity index (χ1) is 11.5. The quantitative estimate of drug-likeness (QED) is 0.434. The van der Waals surface area contributed by atoms with Crippen molar-refractivity contribution in [1.29, 1.82) is 0 Å². The molecule has 0 aliphatic heterocycles. The van der Waals surface area contributed by atoms with Gasteiger partial charge in [-0.2, -0.15) is 5.10 Å². The van der Waals surface area contributed by atoms with Gasteiger partial charge >= 0.3 is 0 Å². The summed E-state index contributed by atoms with van der Waals surface area (Å²) in [5.41, 5.74) is 4.99. The number of rotatable bonds is 3. The number of halogens is 1. The third-order valence-electron chi connectivity index (χ3n) is 3.47. The van der Waals surface area contributed by atoms with Crippen molar-refractivity contribution in [3.63, 3.8) is 0 Å². The van der Waals surface area contributed by atoms with Gasteiger partial charge < -0.3 is 5.11 Å². The standard InChI is InChI=1S/C18H14ClN3O2/c1-11-6-7-12-9-13(17(19)21-15(12)8-11)10-20-22-18(24)14-4-2-3-5-16(14)23/h2-10,23H,1H3,(H,22,24). The Bertz CT molecular complexity index is 954. The van der Waals surface area contributed by atoms with Crippen molar-refractivity contribution in [2.75, 3.05) is 0 Å². The lowest BCUT2D eigenvalue weighted by atomic mass is 10.1. The zero-order valence-electron chi connectivity index (χ0n) is 12.8. The molecular formula is C18H14ClN3O2. The number of carbonyl (C=O) groups is 1. The Morgan fingerprint density at radius 2 is 2.04 bits per heavy atom. The lowest BCUT2D eigenvalue weighted by molar-refractivity contribution is 0.0952. The summed E-state index contributed by atoms with van der Waals surface area (Å²) in [5.74, 6) is -0.615. The fraction of sp³-hybridized carbons (Fsp3) is 0.0556. The second kappa shape index (κ2) is 6.68. The van der Waals surface area contributed by atoms with Gasteiger partial charge in [-0.1, -0.05) is 35.9 Å². The molecule has 0 unspecified atom stereocenters. The van der Waals surface area contributed by atoms with Crippen LogP contribution in [0.2, 0.25) is 5.15 Å². The van der Waals surface area contributed by atoms with Crippen LogP contribution in [0.5, 0.6) is 5.75 Å². The van der Waals surface area contributed by atoms with E-state index in [1.54, 1.807) is 12.1 Å². The second-order valence-electron chi connectivity index (χ2n) is 5.28. The van der Waals surface area contributed by atoms with Crippen LogP contribution in [0.3, 0.4) is 0 Å². The molecule has 2 aromatic carbocycles. The third-order valence-corrected chi connectivity index (χ3v) is 3.77. The smallest absolute Gasteiger partial charge is 0.275 e. The van der Waals surface area contributed by atoms with Gasteiger partial charge in [0.2, 0.25) is 0 Å². The molecule has 24 heavy (non-hydrogen) atoms. The van der Waals surface area contributed by atoms with Gasteiger partial charge in [0.1, 0.15) is 10.9 Å². The predicted molar refractivity (Wildman–Crippen MR) is 94.7 cm³/mol. The van der Waals surface area contributed by atoms with Crippen molar-refractivity contribution < 1.29 is 9.90 Å². The van der Waals surface area contributed by atoms with Crippen LogP contribution in [0.4, 0.5) is 0 Å². The summed E-state index contributed by atoms with van der Waals surface area (Å²) >= 11 is 6.16. The molecule has 0 saturated heterocycles. The van der Waals surface area contributed by atoms with Gasteiger partial charge in [0, 0.05) is 10.9 Å². The summed E-state index contributed by atoms with van der Waals surface area (Å²) in [7, 11) is 0. The van der Waals surface area contributed by atoms with Gasteiger partial charge in [0.25, 0.3) is 5.91 Å². The molecule has 0 fully saturated rings. The summed E-state index contributed by atoms with van der Waals surface area (Å²) in [5, 5.41) is 14.8. The average molecular weight is 340 g/mol. The summed E-state index contributed by atoms with van der Waals surface area (Å²) in [6.45, 7) is 1.99. The molecule has 5 nitrogen and oxygen atoms in total. The Labute approximate surface area is 143 Å². The van der Waals surface area contributed by atoms with Crippen molar-refractivity contribution in [3.8, 4) is 5.75 Å². The van der Waals surface area contributed by atoms with Crippen LogP contribution in [0.15, 0.2) is 53.6 Å². The first-order valence-corrected chi connectivity index (χ1v) is 7.61. The maximum atomic E-state index is 12.0. The molecule has 3 rings (SSSR count).